The highest BCUT2D eigenvalue weighted by atomic mass is 16.5. The topological polar surface area (TPSA) is 90.0 Å². The van der Waals surface area contributed by atoms with Crippen LogP contribution in [0, 0.1) is 20.8 Å². The van der Waals surface area contributed by atoms with Crippen molar-refractivity contribution in [3.05, 3.63) is 51.7 Å². The molecule has 7 nitrogen and oxygen atoms in total. The lowest BCUT2D eigenvalue weighted by atomic mass is 10.2. The van der Waals surface area contributed by atoms with Gasteiger partial charge in [-0.3, -0.25) is 14.2 Å². The van der Waals surface area contributed by atoms with Gasteiger partial charge in [0.2, 0.25) is 5.91 Å². The Morgan fingerprint density at radius 1 is 1.25 bits per heavy atom. The molecule has 1 aromatic carbocycles. The van der Waals surface area contributed by atoms with E-state index in [4.69, 9.17) is 4.52 Å². The van der Waals surface area contributed by atoms with Crippen LogP contribution in [0.15, 0.2) is 33.6 Å². The number of hydrogen-bond acceptors (Lipinski definition) is 5. The summed E-state index contributed by atoms with van der Waals surface area (Å²) >= 11 is 0. The Labute approximate surface area is 138 Å². The third-order valence-electron chi connectivity index (χ3n) is 4.06. The molecular formula is C17H18N4O3. The van der Waals surface area contributed by atoms with E-state index >= 15 is 0 Å². The van der Waals surface area contributed by atoms with Gasteiger partial charge in [0, 0.05) is 5.69 Å². The second kappa shape index (κ2) is 5.92. The van der Waals surface area contributed by atoms with Crippen LogP contribution in [-0.4, -0.2) is 20.6 Å². The molecule has 0 saturated heterocycles. The second-order valence-corrected chi connectivity index (χ2v) is 5.76. The molecule has 2 aromatic heterocycles. The first-order valence-corrected chi connectivity index (χ1v) is 7.61. The molecule has 1 atom stereocenters. The van der Waals surface area contributed by atoms with Crippen molar-refractivity contribution in [2.75, 3.05) is 5.32 Å². The fourth-order valence-corrected chi connectivity index (χ4v) is 2.67. The minimum atomic E-state index is -0.719. The van der Waals surface area contributed by atoms with Crippen LogP contribution in [0.2, 0.25) is 0 Å². The standard InChI is InChI=1S/C17H18N4O3/c1-9-7-5-6-8-13(9)19-15(22)11(3)21-12(4)18-16-14(17(21)23)10(2)20-24-16/h5-8,11H,1-4H3,(H,19,22). The van der Waals surface area contributed by atoms with Gasteiger partial charge in [0.1, 0.15) is 17.3 Å². The lowest BCUT2D eigenvalue weighted by molar-refractivity contribution is -0.118. The Balaban J connectivity index is 2.01. The summed E-state index contributed by atoms with van der Waals surface area (Å²) in [6.07, 6.45) is 0. The second-order valence-electron chi connectivity index (χ2n) is 5.76. The summed E-state index contributed by atoms with van der Waals surface area (Å²) < 4.78 is 6.40. The van der Waals surface area contributed by atoms with Gasteiger partial charge < -0.3 is 9.84 Å². The largest absolute Gasteiger partial charge is 0.335 e. The van der Waals surface area contributed by atoms with Gasteiger partial charge in [-0.15, -0.1) is 0 Å². The normalized spacial score (nSPS) is 12.3. The molecule has 2 heterocycles. The number of nitrogens with one attached hydrogen (secondary N) is 1. The average Bonchev–Trinajstić information content (AvgIpc) is 2.90. The smallest absolute Gasteiger partial charge is 0.267 e. The van der Waals surface area contributed by atoms with Gasteiger partial charge in [-0.05, 0) is 39.3 Å². The van der Waals surface area contributed by atoms with Crippen LogP contribution in [0.4, 0.5) is 5.69 Å². The zero-order valence-corrected chi connectivity index (χ0v) is 14.0. The summed E-state index contributed by atoms with van der Waals surface area (Å²) in [6, 6.07) is 6.75. The summed E-state index contributed by atoms with van der Waals surface area (Å²) in [6.45, 7) is 6.91. The SMILES string of the molecule is Cc1ccccc1NC(=O)C(C)n1c(C)nc2onc(C)c2c1=O. The Morgan fingerprint density at radius 2 is 1.96 bits per heavy atom. The van der Waals surface area contributed by atoms with Crippen LogP contribution in [0.25, 0.3) is 11.1 Å². The molecule has 3 rings (SSSR count). The number of carbonyl (C=O) groups is 1. The molecule has 0 aliphatic rings. The van der Waals surface area contributed by atoms with Gasteiger partial charge in [0.05, 0.1) is 5.69 Å². The number of rotatable bonds is 3. The van der Waals surface area contributed by atoms with E-state index in [1.165, 1.54) is 4.57 Å². The average molecular weight is 326 g/mol. The van der Waals surface area contributed by atoms with Gasteiger partial charge in [-0.2, -0.15) is 4.98 Å². The highest BCUT2D eigenvalue weighted by molar-refractivity contribution is 5.94. The van der Waals surface area contributed by atoms with Gasteiger partial charge in [0.25, 0.3) is 11.3 Å². The number of anilines is 1. The molecule has 124 valence electrons. The number of para-hydroxylation sites is 1. The van der Waals surface area contributed by atoms with Crippen LogP contribution >= 0.6 is 0 Å². The third-order valence-corrected chi connectivity index (χ3v) is 4.06. The first-order chi connectivity index (χ1) is 11.4. The minimum absolute atomic E-state index is 0.192. The van der Waals surface area contributed by atoms with Crippen molar-refractivity contribution in [1.29, 1.82) is 0 Å². The maximum atomic E-state index is 12.7. The van der Waals surface area contributed by atoms with Crippen LogP contribution in [0.5, 0.6) is 0 Å². The molecular weight excluding hydrogens is 308 g/mol. The van der Waals surface area contributed by atoms with Crippen molar-refractivity contribution in [1.82, 2.24) is 14.7 Å². The molecule has 0 saturated carbocycles. The summed E-state index contributed by atoms with van der Waals surface area (Å²) in [5, 5.41) is 6.93. The van der Waals surface area contributed by atoms with Crippen LogP contribution < -0.4 is 10.9 Å². The summed E-state index contributed by atoms with van der Waals surface area (Å²) in [4.78, 5) is 29.6. The van der Waals surface area contributed by atoms with E-state index < -0.39 is 6.04 Å². The van der Waals surface area contributed by atoms with Gasteiger partial charge in [-0.25, -0.2) is 0 Å². The Morgan fingerprint density at radius 3 is 2.67 bits per heavy atom. The molecule has 0 spiro atoms. The third kappa shape index (κ3) is 2.58. The highest BCUT2D eigenvalue weighted by Crippen LogP contribution is 2.18. The Hall–Kier alpha value is -2.96. The number of benzene rings is 1. The molecule has 1 unspecified atom stereocenters. The maximum Gasteiger partial charge on any atom is 0.267 e. The van der Waals surface area contributed by atoms with Crippen molar-refractivity contribution in [3.8, 4) is 0 Å². The maximum absolute atomic E-state index is 12.7. The predicted molar refractivity (Wildman–Crippen MR) is 90.1 cm³/mol. The van der Waals surface area contributed by atoms with Gasteiger partial charge in [-0.1, -0.05) is 23.4 Å². The van der Waals surface area contributed by atoms with E-state index in [0.717, 1.165) is 11.3 Å². The summed E-state index contributed by atoms with van der Waals surface area (Å²) in [7, 11) is 0. The molecule has 24 heavy (non-hydrogen) atoms. The van der Waals surface area contributed by atoms with E-state index in [1.807, 2.05) is 31.2 Å². The zero-order valence-electron chi connectivity index (χ0n) is 14.0. The predicted octanol–water partition coefficient (Wildman–Crippen LogP) is 2.51. The molecule has 0 aliphatic carbocycles. The number of hydrogen-bond donors (Lipinski definition) is 1. The summed E-state index contributed by atoms with van der Waals surface area (Å²) in [5.41, 5.74) is 1.99. The summed E-state index contributed by atoms with van der Waals surface area (Å²) in [5.74, 6) is 0.112. The minimum Gasteiger partial charge on any atom is -0.335 e. The number of amides is 1. The molecule has 7 heteroatoms. The fourth-order valence-electron chi connectivity index (χ4n) is 2.67. The molecule has 0 aliphatic heterocycles. The van der Waals surface area contributed by atoms with Crippen molar-refractivity contribution >= 4 is 22.7 Å². The van der Waals surface area contributed by atoms with Crippen LogP contribution in [0.1, 0.15) is 30.0 Å². The van der Waals surface area contributed by atoms with E-state index in [-0.39, 0.29) is 17.2 Å². The lowest BCUT2D eigenvalue weighted by Crippen LogP contribution is -2.34. The van der Waals surface area contributed by atoms with Gasteiger partial charge >= 0.3 is 0 Å². The lowest BCUT2D eigenvalue weighted by Gasteiger charge is -2.17. The first-order valence-electron chi connectivity index (χ1n) is 7.61. The molecule has 1 amide bonds. The van der Waals surface area contributed by atoms with Crippen LogP contribution in [0.3, 0.4) is 0 Å². The fraction of sp³-hybridized carbons (Fsp3) is 0.294. The molecule has 0 radical (unpaired) electrons. The van der Waals surface area contributed by atoms with E-state index in [9.17, 15) is 9.59 Å². The van der Waals surface area contributed by atoms with Crippen LogP contribution in [-0.2, 0) is 4.79 Å². The monoisotopic (exact) mass is 326 g/mol. The van der Waals surface area contributed by atoms with E-state index in [1.54, 1.807) is 20.8 Å². The number of aryl methyl sites for hydroxylation is 3. The van der Waals surface area contributed by atoms with E-state index in [0.29, 0.717) is 16.9 Å². The van der Waals surface area contributed by atoms with Crippen molar-refractivity contribution in [2.45, 2.75) is 33.7 Å². The Bertz CT molecular complexity index is 987. The number of carbonyl (C=O) groups excluding carboxylic acids is 1. The number of fused-ring (bicyclic) bond motifs is 1. The quantitative estimate of drug-likeness (QED) is 0.798. The molecule has 1 N–H and O–H groups in total. The van der Waals surface area contributed by atoms with E-state index in [2.05, 4.69) is 15.5 Å². The number of nitrogens with zero attached hydrogens (tertiary/aromatic N) is 3. The van der Waals surface area contributed by atoms with Crippen molar-refractivity contribution in [2.24, 2.45) is 0 Å². The number of aromatic nitrogens is 3. The van der Waals surface area contributed by atoms with Crippen molar-refractivity contribution in [3.63, 3.8) is 0 Å². The molecule has 0 fully saturated rings. The zero-order chi connectivity index (χ0) is 17.4. The van der Waals surface area contributed by atoms with Gasteiger partial charge in [0.15, 0.2) is 0 Å². The Kier molecular flexibility index (Phi) is 3.92. The highest BCUT2D eigenvalue weighted by Gasteiger charge is 2.23. The molecule has 3 aromatic rings. The first kappa shape index (κ1) is 15.9. The van der Waals surface area contributed by atoms with Crippen molar-refractivity contribution < 1.29 is 9.32 Å². The molecule has 0 bridgehead atoms.